The van der Waals surface area contributed by atoms with Crippen molar-refractivity contribution >= 4 is 29.6 Å². The summed E-state index contributed by atoms with van der Waals surface area (Å²) in [5.74, 6) is -5.36. The molecule has 0 radical (unpaired) electrons. The predicted octanol–water partition coefficient (Wildman–Crippen LogP) is 1.33. The maximum absolute atomic E-state index is 12.4. The lowest BCUT2D eigenvalue weighted by Crippen LogP contribution is -2.31. The van der Waals surface area contributed by atoms with Gasteiger partial charge in [0.05, 0.1) is 6.54 Å². The Balaban J connectivity index is 0.000000856. The third-order valence-electron chi connectivity index (χ3n) is 4.89. The van der Waals surface area contributed by atoms with Crippen LogP contribution in [0, 0.1) is 5.92 Å². The van der Waals surface area contributed by atoms with Crippen molar-refractivity contribution in [1.29, 1.82) is 0 Å². The molecule has 1 aromatic rings. The van der Waals surface area contributed by atoms with Crippen molar-refractivity contribution in [3.8, 4) is 11.5 Å². The number of benzene rings is 1. The first-order valence-electron chi connectivity index (χ1n) is 10.9. The highest BCUT2D eigenvalue weighted by atomic mass is 19.4. The highest BCUT2D eigenvalue weighted by molar-refractivity contribution is 5.99. The van der Waals surface area contributed by atoms with Gasteiger partial charge in [0, 0.05) is 12.0 Å². The van der Waals surface area contributed by atoms with Crippen molar-refractivity contribution in [2.24, 2.45) is 5.92 Å². The van der Waals surface area contributed by atoms with E-state index in [1.54, 1.807) is 0 Å². The normalized spacial score (nSPS) is 13.5. The number of Topliss-reactive ketones (excluding diaryl/α,β-unsaturated/α-hetero) is 1. The molecule has 15 heteroatoms. The molecule has 0 aliphatic carbocycles. The Hall–Kier alpha value is -3.88. The highest BCUT2D eigenvalue weighted by Crippen LogP contribution is 2.28. The zero-order chi connectivity index (χ0) is 28.0. The molecule has 1 aliphatic rings. The van der Waals surface area contributed by atoms with Gasteiger partial charge in [-0.1, -0.05) is 0 Å². The van der Waals surface area contributed by atoms with E-state index in [1.807, 2.05) is 0 Å². The highest BCUT2D eigenvalue weighted by Gasteiger charge is 2.38. The minimum Gasteiger partial charge on any atom is -0.479 e. The van der Waals surface area contributed by atoms with Crippen molar-refractivity contribution in [1.82, 2.24) is 10.6 Å². The second kappa shape index (κ2) is 15.3. The van der Waals surface area contributed by atoms with Gasteiger partial charge in [0.15, 0.2) is 30.5 Å². The third-order valence-corrected chi connectivity index (χ3v) is 4.89. The van der Waals surface area contributed by atoms with E-state index in [9.17, 15) is 32.3 Å². The van der Waals surface area contributed by atoms with Crippen LogP contribution in [0.2, 0.25) is 0 Å². The number of ether oxygens (including phenoxy) is 2. The van der Waals surface area contributed by atoms with Crippen LogP contribution in [0.3, 0.4) is 0 Å². The fourth-order valence-electron chi connectivity index (χ4n) is 3.07. The zero-order valence-electron chi connectivity index (χ0n) is 19.5. The fourth-order valence-corrected chi connectivity index (χ4v) is 3.07. The molecule has 1 aromatic carbocycles. The van der Waals surface area contributed by atoms with Crippen LogP contribution >= 0.6 is 0 Å². The molecule has 37 heavy (non-hydrogen) atoms. The van der Waals surface area contributed by atoms with E-state index in [0.717, 1.165) is 32.4 Å². The first-order chi connectivity index (χ1) is 17.3. The molecule has 1 amide bonds. The number of aliphatic carboxylic acids is 3. The predicted molar refractivity (Wildman–Crippen MR) is 119 cm³/mol. The molecule has 2 rings (SSSR count). The Bertz CT molecular complexity index is 963. The summed E-state index contributed by atoms with van der Waals surface area (Å²) >= 11 is 0. The Kier molecular flexibility index (Phi) is 12.9. The lowest BCUT2D eigenvalue weighted by atomic mass is 9.93. The number of alkyl halides is 3. The number of halogens is 3. The van der Waals surface area contributed by atoms with Crippen molar-refractivity contribution in [2.45, 2.75) is 31.9 Å². The SMILES string of the molecule is O=C(O)C(F)(F)F.O=C(O)COc1ccc(C(=O)CNC(=O)CCC2CCNCC2)cc1OCC(=O)O. The molecule has 206 valence electrons. The lowest BCUT2D eigenvalue weighted by molar-refractivity contribution is -0.192. The third kappa shape index (κ3) is 13.1. The molecule has 1 aliphatic heterocycles. The maximum Gasteiger partial charge on any atom is 0.490 e. The van der Waals surface area contributed by atoms with Gasteiger partial charge >= 0.3 is 24.1 Å². The molecule has 0 unspecified atom stereocenters. The fraction of sp³-hybridized carbons (Fsp3) is 0.500. The van der Waals surface area contributed by atoms with Gasteiger partial charge in [-0.25, -0.2) is 14.4 Å². The summed E-state index contributed by atoms with van der Waals surface area (Å²) in [6, 6.07) is 3.99. The van der Waals surface area contributed by atoms with Crippen LogP contribution < -0.4 is 20.1 Å². The van der Waals surface area contributed by atoms with E-state index in [0.29, 0.717) is 12.3 Å². The van der Waals surface area contributed by atoms with Crippen LogP contribution in [0.4, 0.5) is 13.2 Å². The van der Waals surface area contributed by atoms with E-state index in [4.69, 9.17) is 29.6 Å². The summed E-state index contributed by atoms with van der Waals surface area (Å²) in [4.78, 5) is 54.7. The first-order valence-corrected chi connectivity index (χ1v) is 10.9. The van der Waals surface area contributed by atoms with E-state index in [2.05, 4.69) is 10.6 Å². The number of carbonyl (C=O) groups is 5. The van der Waals surface area contributed by atoms with Crippen molar-refractivity contribution in [3.63, 3.8) is 0 Å². The van der Waals surface area contributed by atoms with E-state index in [-0.39, 0.29) is 29.5 Å². The van der Waals surface area contributed by atoms with Crippen LogP contribution in [0.1, 0.15) is 36.0 Å². The molecule has 0 bridgehead atoms. The van der Waals surface area contributed by atoms with Gasteiger partial charge in [0.1, 0.15) is 0 Å². The zero-order valence-corrected chi connectivity index (χ0v) is 19.5. The molecule has 0 aromatic heterocycles. The summed E-state index contributed by atoms with van der Waals surface area (Å²) in [5, 5.41) is 30.5. The topological polar surface area (TPSA) is 189 Å². The Morgan fingerprint density at radius 3 is 2.00 bits per heavy atom. The maximum atomic E-state index is 12.4. The standard InChI is InChI=1S/C20H26N2O8.C2HF3O2/c23-15(10-22-18(24)4-1-13-5-7-21-8-6-13)14-2-3-16(29-11-19(25)26)17(9-14)30-12-20(27)28;3-2(4,5)1(6)7/h2-3,9,13,21H,1,4-8,10-12H2,(H,22,24)(H,25,26)(H,27,28);(H,6,7). The van der Waals surface area contributed by atoms with Crippen molar-refractivity contribution < 1.29 is 61.9 Å². The van der Waals surface area contributed by atoms with E-state index >= 15 is 0 Å². The molecule has 5 N–H and O–H groups in total. The van der Waals surface area contributed by atoms with Gasteiger partial charge in [0.2, 0.25) is 5.91 Å². The summed E-state index contributed by atoms with van der Waals surface area (Å²) < 4.78 is 41.9. The molecule has 0 saturated carbocycles. The number of carboxylic acids is 3. The number of nitrogens with one attached hydrogen (secondary N) is 2. The number of piperidine rings is 1. The molecule has 12 nitrogen and oxygen atoms in total. The summed E-state index contributed by atoms with van der Waals surface area (Å²) in [6.07, 6.45) is -1.86. The van der Waals surface area contributed by atoms with Crippen LogP contribution in [-0.4, -0.2) is 83.9 Å². The largest absolute Gasteiger partial charge is 0.490 e. The minimum absolute atomic E-state index is 0.00112. The Morgan fingerprint density at radius 2 is 1.49 bits per heavy atom. The smallest absolute Gasteiger partial charge is 0.479 e. The summed E-state index contributed by atoms with van der Waals surface area (Å²) in [7, 11) is 0. The van der Waals surface area contributed by atoms with Gasteiger partial charge in [-0.2, -0.15) is 13.2 Å². The van der Waals surface area contributed by atoms with Crippen LogP contribution in [0.15, 0.2) is 18.2 Å². The molecule has 0 atom stereocenters. The second-order valence-corrected chi connectivity index (χ2v) is 7.76. The van der Waals surface area contributed by atoms with Gasteiger partial charge < -0.3 is 35.4 Å². The number of amides is 1. The monoisotopic (exact) mass is 536 g/mol. The quantitative estimate of drug-likeness (QED) is 0.242. The van der Waals surface area contributed by atoms with Crippen molar-refractivity contribution in [2.75, 3.05) is 32.8 Å². The first kappa shape index (κ1) is 31.2. The molecular weight excluding hydrogens is 509 g/mol. The van der Waals surface area contributed by atoms with Crippen molar-refractivity contribution in [3.05, 3.63) is 23.8 Å². The number of ketones is 1. The van der Waals surface area contributed by atoms with Gasteiger partial charge in [-0.15, -0.1) is 0 Å². The summed E-state index contributed by atoms with van der Waals surface area (Å²) in [5.41, 5.74) is 0.178. The molecule has 0 spiro atoms. The molecule has 1 saturated heterocycles. The average molecular weight is 536 g/mol. The van der Waals surface area contributed by atoms with Gasteiger partial charge in [-0.3, -0.25) is 9.59 Å². The molecule has 1 fully saturated rings. The van der Waals surface area contributed by atoms with Gasteiger partial charge in [-0.05, 0) is 56.5 Å². The van der Waals surface area contributed by atoms with Crippen LogP contribution in [-0.2, 0) is 19.2 Å². The molecule has 1 heterocycles. The molecular formula is C22H27F3N2O10. The average Bonchev–Trinajstić information content (AvgIpc) is 2.84. The Labute approximate surface area is 208 Å². The minimum atomic E-state index is -5.08. The van der Waals surface area contributed by atoms with Gasteiger partial charge in [0.25, 0.3) is 0 Å². The lowest BCUT2D eigenvalue weighted by Gasteiger charge is -2.22. The van der Waals surface area contributed by atoms with E-state index in [1.165, 1.54) is 18.2 Å². The number of carboxylic acid groups (broad SMARTS) is 3. The van der Waals surface area contributed by atoms with E-state index < -0.39 is 43.1 Å². The number of carbonyl (C=O) groups excluding carboxylic acids is 2. The number of hydrogen-bond donors (Lipinski definition) is 5. The van der Waals surface area contributed by atoms with Crippen LogP contribution in [0.5, 0.6) is 11.5 Å². The van der Waals surface area contributed by atoms with Crippen LogP contribution in [0.25, 0.3) is 0 Å². The number of hydrogen-bond acceptors (Lipinski definition) is 8. The number of rotatable bonds is 12. The summed E-state index contributed by atoms with van der Waals surface area (Å²) in [6.45, 7) is 0.379. The Morgan fingerprint density at radius 1 is 0.946 bits per heavy atom. The second-order valence-electron chi connectivity index (χ2n) is 7.76.